The molecular formula is C11H13ClN2O5S2. The minimum atomic E-state index is -4.65. The number of rotatable bonds is 7. The molecule has 10 heteroatoms. The Morgan fingerprint density at radius 3 is 2.24 bits per heavy atom. The maximum absolute atomic E-state index is 12.4. The van der Waals surface area contributed by atoms with E-state index >= 15 is 0 Å². The molecule has 0 radical (unpaired) electrons. The Labute approximate surface area is 128 Å². The molecule has 0 bridgehead atoms. The first-order chi connectivity index (χ1) is 9.75. The first-order valence-electron chi connectivity index (χ1n) is 5.88. The first-order valence-corrected chi connectivity index (χ1v) is 9.09. The number of halogens is 1. The molecule has 0 saturated carbocycles. The van der Waals surface area contributed by atoms with E-state index in [4.69, 9.17) is 11.6 Å². The maximum Gasteiger partial charge on any atom is 0.346 e. The fraction of sp³-hybridized carbons (Fsp3) is 0.364. The molecule has 1 rings (SSSR count). The largest absolute Gasteiger partial charge is 0.346 e. The third kappa shape index (κ3) is 4.36. The van der Waals surface area contributed by atoms with Gasteiger partial charge in [-0.2, -0.15) is 8.42 Å². The number of carbonyl (C=O) groups excluding carboxylic acids is 1. The van der Waals surface area contributed by atoms with Crippen LogP contribution in [-0.2, 0) is 25.0 Å². The van der Waals surface area contributed by atoms with Gasteiger partial charge in [0.1, 0.15) is 0 Å². The van der Waals surface area contributed by atoms with Gasteiger partial charge in [0, 0.05) is 11.6 Å². The Morgan fingerprint density at radius 1 is 1.19 bits per heavy atom. The molecule has 0 amide bonds. The Bertz CT molecular complexity index is 737. The maximum atomic E-state index is 12.4. The molecule has 0 aromatic heterocycles. The highest BCUT2D eigenvalue weighted by atomic mass is 35.5. The van der Waals surface area contributed by atoms with Crippen LogP contribution in [0.4, 0.5) is 0 Å². The van der Waals surface area contributed by atoms with Gasteiger partial charge >= 0.3 is 10.2 Å². The van der Waals surface area contributed by atoms with Crippen LogP contribution < -0.4 is 0 Å². The van der Waals surface area contributed by atoms with Crippen molar-refractivity contribution in [3.63, 3.8) is 0 Å². The third-order valence-electron chi connectivity index (χ3n) is 2.48. The van der Waals surface area contributed by atoms with Crippen LogP contribution in [0.3, 0.4) is 0 Å². The smallest absolute Gasteiger partial charge is 0.210 e. The molecule has 21 heavy (non-hydrogen) atoms. The second-order valence-electron chi connectivity index (χ2n) is 3.97. The van der Waals surface area contributed by atoms with E-state index in [0.717, 1.165) is 6.08 Å². The summed E-state index contributed by atoms with van der Waals surface area (Å²) in [6, 6.07) is 5.00. The Kier molecular flexibility index (Phi) is 6.06. The van der Waals surface area contributed by atoms with Gasteiger partial charge < -0.3 is 0 Å². The van der Waals surface area contributed by atoms with Crippen molar-refractivity contribution in [1.29, 1.82) is 0 Å². The molecule has 0 fully saturated rings. The van der Waals surface area contributed by atoms with E-state index < -0.39 is 20.2 Å². The fourth-order valence-electron chi connectivity index (χ4n) is 1.46. The SMILES string of the molecule is CCCCN(S(=O)(=O)N=C=O)S(=O)(=O)c1ccc(Cl)cc1. The second kappa shape index (κ2) is 7.15. The molecule has 116 valence electrons. The average molecular weight is 353 g/mol. The molecule has 0 unspecified atom stereocenters. The monoisotopic (exact) mass is 352 g/mol. The van der Waals surface area contributed by atoms with Crippen LogP contribution in [-0.4, -0.2) is 33.2 Å². The summed E-state index contributed by atoms with van der Waals surface area (Å²) in [7, 11) is -9.00. The van der Waals surface area contributed by atoms with E-state index in [1.165, 1.54) is 24.3 Å². The molecule has 0 N–H and O–H groups in total. The molecule has 0 atom stereocenters. The molecule has 1 aromatic rings. The van der Waals surface area contributed by atoms with Crippen molar-refractivity contribution in [2.45, 2.75) is 24.7 Å². The molecule has 0 heterocycles. The van der Waals surface area contributed by atoms with Crippen LogP contribution in [0.25, 0.3) is 0 Å². The van der Waals surface area contributed by atoms with Gasteiger partial charge in [0.25, 0.3) is 16.1 Å². The minimum Gasteiger partial charge on any atom is -0.210 e. The van der Waals surface area contributed by atoms with E-state index in [2.05, 4.69) is 4.40 Å². The van der Waals surface area contributed by atoms with E-state index in [0.29, 0.717) is 17.9 Å². The molecule has 0 spiro atoms. The number of sulfonamides is 1. The van der Waals surface area contributed by atoms with Crippen molar-refractivity contribution < 1.29 is 21.6 Å². The van der Waals surface area contributed by atoms with Crippen LogP contribution in [0.5, 0.6) is 0 Å². The molecular weight excluding hydrogens is 340 g/mol. The lowest BCUT2D eigenvalue weighted by molar-refractivity contribution is 0.489. The number of hydrogen-bond acceptors (Lipinski definition) is 5. The zero-order chi connectivity index (χ0) is 16.1. The quantitative estimate of drug-likeness (QED) is 0.549. The van der Waals surface area contributed by atoms with E-state index in [-0.39, 0.29) is 15.2 Å². The molecule has 0 aliphatic rings. The molecule has 0 aliphatic carbocycles. The van der Waals surface area contributed by atoms with Crippen LogP contribution >= 0.6 is 11.6 Å². The Hall–Kier alpha value is -1.25. The summed E-state index contributed by atoms with van der Waals surface area (Å²) in [6.45, 7) is 1.46. The van der Waals surface area contributed by atoms with Gasteiger partial charge in [-0.25, -0.2) is 13.2 Å². The van der Waals surface area contributed by atoms with Gasteiger partial charge in [-0.3, -0.25) is 0 Å². The zero-order valence-corrected chi connectivity index (χ0v) is 13.4. The van der Waals surface area contributed by atoms with Crippen molar-refractivity contribution in [2.24, 2.45) is 4.40 Å². The minimum absolute atomic E-state index is 0.192. The van der Waals surface area contributed by atoms with Crippen molar-refractivity contribution in [3.05, 3.63) is 29.3 Å². The Morgan fingerprint density at radius 2 is 1.76 bits per heavy atom. The van der Waals surface area contributed by atoms with Gasteiger partial charge in [0.15, 0.2) is 0 Å². The Balaban J connectivity index is 3.37. The van der Waals surface area contributed by atoms with Crippen LogP contribution in [0.15, 0.2) is 33.6 Å². The number of unbranched alkanes of at least 4 members (excludes halogenated alkanes) is 1. The number of isocyanates is 1. The van der Waals surface area contributed by atoms with E-state index in [1.54, 1.807) is 6.92 Å². The highest BCUT2D eigenvalue weighted by Gasteiger charge is 2.34. The van der Waals surface area contributed by atoms with Crippen molar-refractivity contribution in [1.82, 2.24) is 3.71 Å². The normalized spacial score (nSPS) is 12.1. The summed E-state index contributed by atoms with van der Waals surface area (Å²) in [4.78, 5) is 9.94. The number of hydrogen-bond donors (Lipinski definition) is 0. The van der Waals surface area contributed by atoms with E-state index in [9.17, 15) is 21.6 Å². The summed E-state index contributed by atoms with van der Waals surface area (Å²) in [5.41, 5.74) is 0. The van der Waals surface area contributed by atoms with Gasteiger partial charge in [-0.1, -0.05) is 33.1 Å². The lowest BCUT2D eigenvalue weighted by Crippen LogP contribution is -2.36. The average Bonchev–Trinajstić information content (AvgIpc) is 2.39. The fourth-order valence-corrected chi connectivity index (χ4v) is 4.57. The molecule has 0 aliphatic heterocycles. The third-order valence-corrected chi connectivity index (χ3v) is 6.48. The highest BCUT2D eigenvalue weighted by molar-refractivity contribution is 8.03. The highest BCUT2D eigenvalue weighted by Crippen LogP contribution is 2.22. The van der Waals surface area contributed by atoms with Gasteiger partial charge in [-0.15, -0.1) is 0 Å². The summed E-state index contributed by atoms with van der Waals surface area (Å²) >= 11 is 5.67. The van der Waals surface area contributed by atoms with Crippen LogP contribution in [0.1, 0.15) is 19.8 Å². The zero-order valence-electron chi connectivity index (χ0n) is 11.1. The standard InChI is InChI=1S/C11H13ClN2O5S2/c1-2-3-8-14(21(18,19)13-9-15)20(16,17)11-6-4-10(12)5-7-11/h4-7H,2-3,8H2,1H3. The van der Waals surface area contributed by atoms with Gasteiger partial charge in [-0.05, 0) is 30.7 Å². The van der Waals surface area contributed by atoms with Crippen LogP contribution in [0.2, 0.25) is 5.02 Å². The summed E-state index contributed by atoms with van der Waals surface area (Å²) < 4.78 is 51.2. The first kappa shape index (κ1) is 17.8. The lowest BCUT2D eigenvalue weighted by atomic mass is 10.3. The van der Waals surface area contributed by atoms with Crippen LogP contribution in [0, 0.1) is 0 Å². The lowest BCUT2D eigenvalue weighted by Gasteiger charge is -2.18. The van der Waals surface area contributed by atoms with Crippen molar-refractivity contribution in [3.8, 4) is 0 Å². The molecule has 7 nitrogen and oxygen atoms in total. The van der Waals surface area contributed by atoms with Crippen molar-refractivity contribution >= 4 is 37.9 Å². The topological polar surface area (TPSA) is 101 Å². The summed E-state index contributed by atoms with van der Waals surface area (Å²) in [5, 5.41) is 0.308. The predicted molar refractivity (Wildman–Crippen MR) is 77.3 cm³/mol. The molecule has 1 aromatic carbocycles. The van der Waals surface area contributed by atoms with Crippen molar-refractivity contribution in [2.75, 3.05) is 6.54 Å². The van der Waals surface area contributed by atoms with E-state index in [1.807, 2.05) is 0 Å². The number of nitrogens with zero attached hydrogens (tertiary/aromatic N) is 2. The molecule has 0 saturated heterocycles. The second-order valence-corrected chi connectivity index (χ2v) is 8.02. The predicted octanol–water partition coefficient (Wildman–Crippen LogP) is 1.71. The number of benzene rings is 1. The van der Waals surface area contributed by atoms with Gasteiger partial charge in [0.2, 0.25) is 0 Å². The summed E-state index contributed by atoms with van der Waals surface area (Å²) in [6.07, 6.45) is 1.71. The summed E-state index contributed by atoms with van der Waals surface area (Å²) in [5.74, 6) is 0. The van der Waals surface area contributed by atoms with Gasteiger partial charge in [0.05, 0.1) is 4.90 Å².